The number of ether oxygens (including phenoxy) is 1. The van der Waals surface area contributed by atoms with Crippen molar-refractivity contribution in [3.63, 3.8) is 0 Å². The summed E-state index contributed by atoms with van der Waals surface area (Å²) in [6, 6.07) is 0. The van der Waals surface area contributed by atoms with Gasteiger partial charge in [-0.25, -0.2) is 0 Å². The Hall–Kier alpha value is -0.530. The van der Waals surface area contributed by atoms with Gasteiger partial charge in [0.15, 0.2) is 0 Å². The Balaban J connectivity index is 0. The number of esters is 1. The monoisotopic (exact) mass is 244 g/mol. The highest BCUT2D eigenvalue weighted by Gasteiger charge is 2.11. The van der Waals surface area contributed by atoms with Crippen molar-refractivity contribution in [3.8, 4) is 0 Å². The first-order valence-corrected chi connectivity index (χ1v) is 6.92. The molecule has 2 heteroatoms. The van der Waals surface area contributed by atoms with Gasteiger partial charge in [-0.1, -0.05) is 52.9 Å². The zero-order chi connectivity index (χ0) is 13.9. The van der Waals surface area contributed by atoms with Gasteiger partial charge in [-0.05, 0) is 26.7 Å². The molecule has 0 rings (SSSR count). The molecule has 0 amide bonds. The van der Waals surface area contributed by atoms with Crippen molar-refractivity contribution in [2.45, 2.75) is 86.2 Å². The Morgan fingerprint density at radius 1 is 1.18 bits per heavy atom. The van der Waals surface area contributed by atoms with Gasteiger partial charge in [0, 0.05) is 6.92 Å². The summed E-state index contributed by atoms with van der Waals surface area (Å²) in [6.07, 6.45) is 7.00. The Morgan fingerprint density at radius 3 is 1.94 bits per heavy atom. The maximum atomic E-state index is 10.2. The van der Waals surface area contributed by atoms with Crippen LogP contribution >= 0.6 is 0 Å². The molecule has 0 bridgehead atoms. The topological polar surface area (TPSA) is 26.3 Å². The molecule has 0 saturated heterocycles. The van der Waals surface area contributed by atoms with E-state index in [1.807, 2.05) is 20.8 Å². The molecule has 0 aromatic carbocycles. The lowest BCUT2D eigenvalue weighted by Gasteiger charge is -2.17. The lowest BCUT2D eigenvalue weighted by molar-refractivity contribution is -0.151. The summed E-state index contributed by atoms with van der Waals surface area (Å²) in [7, 11) is 0. The van der Waals surface area contributed by atoms with Crippen LogP contribution in [-0.2, 0) is 9.53 Å². The molecule has 0 aliphatic rings. The lowest BCUT2D eigenvalue weighted by Crippen LogP contribution is -2.21. The zero-order valence-electron chi connectivity index (χ0n) is 12.9. The Morgan fingerprint density at radius 2 is 1.71 bits per heavy atom. The number of unbranched alkanes of at least 4 members (excludes halogenated alkanes) is 2. The third-order valence-corrected chi connectivity index (χ3v) is 2.45. The van der Waals surface area contributed by atoms with Crippen LogP contribution in [0, 0.1) is 5.92 Å². The Kier molecular flexibility index (Phi) is 11.8. The third-order valence-electron chi connectivity index (χ3n) is 2.45. The maximum absolute atomic E-state index is 10.2. The fraction of sp³-hybridized carbons (Fsp3) is 0.933. The molecule has 0 N–H and O–H groups in total. The first kappa shape index (κ1) is 18.8. The number of hydrogen-bond acceptors (Lipinski definition) is 2. The van der Waals surface area contributed by atoms with Crippen LogP contribution < -0.4 is 0 Å². The molecule has 0 aliphatic heterocycles. The second kappa shape index (κ2) is 10.6. The van der Waals surface area contributed by atoms with Crippen molar-refractivity contribution in [2.24, 2.45) is 5.92 Å². The van der Waals surface area contributed by atoms with Crippen LogP contribution in [0.3, 0.4) is 0 Å². The molecule has 1 unspecified atom stereocenters. The normalized spacial score (nSPS) is 12.4. The largest absolute Gasteiger partial charge is 0.460 e. The van der Waals surface area contributed by atoms with Crippen LogP contribution in [0.2, 0.25) is 0 Å². The molecule has 0 aliphatic carbocycles. The van der Waals surface area contributed by atoms with E-state index in [-0.39, 0.29) is 11.6 Å². The number of carbonyl (C=O) groups excluding carboxylic acids is 1. The summed E-state index contributed by atoms with van der Waals surface area (Å²) in [5.41, 5.74) is -0.328. The predicted octanol–water partition coefficient (Wildman–Crippen LogP) is 4.96. The van der Waals surface area contributed by atoms with E-state index < -0.39 is 0 Å². The van der Waals surface area contributed by atoms with Crippen molar-refractivity contribution in [3.05, 3.63) is 0 Å². The molecule has 1 atom stereocenters. The smallest absolute Gasteiger partial charge is 0.303 e. The molecule has 17 heavy (non-hydrogen) atoms. The van der Waals surface area contributed by atoms with Gasteiger partial charge in [0.05, 0.1) is 0 Å². The summed E-state index contributed by atoms with van der Waals surface area (Å²) in [6.45, 7) is 13.8. The summed E-state index contributed by atoms with van der Waals surface area (Å²) in [5, 5.41) is 0. The fourth-order valence-electron chi connectivity index (χ4n) is 1.38. The van der Waals surface area contributed by atoms with Gasteiger partial charge in [0.2, 0.25) is 0 Å². The van der Waals surface area contributed by atoms with Gasteiger partial charge in [-0.2, -0.15) is 0 Å². The summed E-state index contributed by atoms with van der Waals surface area (Å²) in [4.78, 5) is 10.2. The van der Waals surface area contributed by atoms with Gasteiger partial charge >= 0.3 is 5.97 Å². The molecule has 0 aromatic heterocycles. The molecule has 0 spiro atoms. The quantitative estimate of drug-likeness (QED) is 0.504. The van der Waals surface area contributed by atoms with Crippen molar-refractivity contribution in [2.75, 3.05) is 0 Å². The maximum Gasteiger partial charge on any atom is 0.303 e. The zero-order valence-corrected chi connectivity index (χ0v) is 12.9. The first-order valence-electron chi connectivity index (χ1n) is 6.92. The minimum atomic E-state index is -0.328. The molecule has 2 nitrogen and oxygen atoms in total. The van der Waals surface area contributed by atoms with Crippen LogP contribution in [0.1, 0.15) is 80.6 Å². The molecule has 0 fully saturated rings. The highest BCUT2D eigenvalue weighted by Crippen LogP contribution is 2.11. The van der Waals surface area contributed by atoms with Crippen molar-refractivity contribution in [1.29, 1.82) is 0 Å². The van der Waals surface area contributed by atoms with E-state index in [0.717, 1.165) is 5.92 Å². The summed E-state index contributed by atoms with van der Waals surface area (Å²) in [5.74, 6) is 0.731. The standard InChI is InChI=1S/C9H20.C6H12O2/c1-4-6-7-8-9(3)5-2;1-5(7)8-6(2,3)4/h9H,4-8H2,1-3H3;1-4H3. The first-order chi connectivity index (χ1) is 7.72. The minimum Gasteiger partial charge on any atom is -0.460 e. The molecule has 0 saturated carbocycles. The average molecular weight is 244 g/mol. The van der Waals surface area contributed by atoms with Gasteiger partial charge in [0.1, 0.15) is 5.60 Å². The van der Waals surface area contributed by atoms with E-state index in [1.165, 1.54) is 39.0 Å². The predicted molar refractivity (Wildman–Crippen MR) is 75.1 cm³/mol. The molecule has 104 valence electrons. The van der Waals surface area contributed by atoms with E-state index in [1.54, 1.807) is 0 Å². The van der Waals surface area contributed by atoms with Crippen molar-refractivity contribution < 1.29 is 9.53 Å². The molecular weight excluding hydrogens is 212 g/mol. The van der Waals surface area contributed by atoms with Crippen molar-refractivity contribution >= 4 is 5.97 Å². The number of rotatable bonds is 5. The van der Waals surface area contributed by atoms with E-state index >= 15 is 0 Å². The van der Waals surface area contributed by atoms with E-state index in [9.17, 15) is 4.79 Å². The highest BCUT2D eigenvalue weighted by atomic mass is 16.6. The Bertz CT molecular complexity index is 180. The fourth-order valence-corrected chi connectivity index (χ4v) is 1.38. The second-order valence-corrected chi connectivity index (χ2v) is 5.72. The molecule has 0 heterocycles. The number of hydrogen-bond donors (Lipinski definition) is 0. The molecule has 0 radical (unpaired) electrons. The molecular formula is C15H32O2. The SMILES string of the molecule is CC(=O)OC(C)(C)C.CCCCCC(C)CC. The third kappa shape index (κ3) is 21.3. The Labute approximate surface area is 108 Å². The van der Waals surface area contributed by atoms with Crippen LogP contribution in [0.25, 0.3) is 0 Å². The van der Waals surface area contributed by atoms with Gasteiger partial charge in [-0.15, -0.1) is 0 Å². The number of carbonyl (C=O) groups is 1. The van der Waals surface area contributed by atoms with E-state index in [4.69, 9.17) is 4.74 Å². The lowest BCUT2D eigenvalue weighted by atomic mass is 10.0. The van der Waals surface area contributed by atoms with Crippen LogP contribution in [-0.4, -0.2) is 11.6 Å². The summed E-state index contributed by atoms with van der Waals surface area (Å²) < 4.78 is 4.80. The van der Waals surface area contributed by atoms with Crippen LogP contribution in [0.5, 0.6) is 0 Å². The average Bonchev–Trinajstić information content (AvgIpc) is 2.15. The summed E-state index contributed by atoms with van der Waals surface area (Å²) >= 11 is 0. The minimum absolute atomic E-state index is 0.225. The molecule has 0 aromatic rings. The van der Waals surface area contributed by atoms with Crippen LogP contribution in [0.4, 0.5) is 0 Å². The highest BCUT2D eigenvalue weighted by molar-refractivity contribution is 5.66. The van der Waals surface area contributed by atoms with Crippen LogP contribution in [0.15, 0.2) is 0 Å². The van der Waals surface area contributed by atoms with E-state index in [0.29, 0.717) is 0 Å². The second-order valence-electron chi connectivity index (χ2n) is 5.72. The van der Waals surface area contributed by atoms with E-state index in [2.05, 4.69) is 20.8 Å². The van der Waals surface area contributed by atoms with Gasteiger partial charge in [0.25, 0.3) is 0 Å². The van der Waals surface area contributed by atoms with Crippen molar-refractivity contribution in [1.82, 2.24) is 0 Å². The van der Waals surface area contributed by atoms with Gasteiger partial charge in [-0.3, -0.25) is 4.79 Å². The van der Waals surface area contributed by atoms with Gasteiger partial charge < -0.3 is 4.74 Å².